The lowest BCUT2D eigenvalue weighted by molar-refractivity contribution is -0.137. The van der Waals surface area contributed by atoms with Crippen molar-refractivity contribution in [1.29, 1.82) is 0 Å². The van der Waals surface area contributed by atoms with Crippen LogP contribution in [-0.4, -0.2) is 41.8 Å². The fourth-order valence-electron chi connectivity index (χ4n) is 1.42. The Balaban J connectivity index is 2.52. The average molecular weight is 225 g/mol. The summed E-state index contributed by atoms with van der Waals surface area (Å²) in [4.78, 5) is 23.1. The van der Waals surface area contributed by atoms with E-state index in [0.29, 0.717) is 26.1 Å². The fraction of sp³-hybridized carbons (Fsp3) is 0.455. The third kappa shape index (κ3) is 3.76. The minimum Gasteiger partial charge on any atom is -0.465 e. The molecule has 0 unspecified atom stereocenters. The minimum absolute atomic E-state index is 0.325. The van der Waals surface area contributed by atoms with Gasteiger partial charge in [-0.1, -0.05) is 12.2 Å². The van der Waals surface area contributed by atoms with Gasteiger partial charge in [-0.05, 0) is 18.9 Å². The third-order valence-electron chi connectivity index (χ3n) is 2.17. The number of carbonyl (C=O) groups is 2. The topological polar surface area (TPSA) is 66.8 Å². The van der Waals surface area contributed by atoms with Crippen molar-refractivity contribution in [2.75, 3.05) is 19.7 Å². The first-order chi connectivity index (χ1) is 7.63. The zero-order valence-corrected chi connectivity index (χ0v) is 9.18. The van der Waals surface area contributed by atoms with Crippen molar-refractivity contribution in [2.24, 2.45) is 0 Å². The molecular formula is C11H15NO4. The van der Waals surface area contributed by atoms with Crippen molar-refractivity contribution in [2.45, 2.75) is 13.3 Å². The first-order valence-electron chi connectivity index (χ1n) is 5.15. The van der Waals surface area contributed by atoms with Crippen molar-refractivity contribution in [3.8, 4) is 0 Å². The van der Waals surface area contributed by atoms with E-state index in [9.17, 15) is 9.59 Å². The molecule has 1 heterocycles. The highest BCUT2D eigenvalue weighted by atomic mass is 16.5. The molecule has 0 atom stereocenters. The van der Waals surface area contributed by atoms with Crippen LogP contribution in [0.15, 0.2) is 23.8 Å². The quantitative estimate of drug-likeness (QED) is 0.582. The monoisotopic (exact) mass is 225 g/mol. The van der Waals surface area contributed by atoms with Crippen LogP contribution in [0.25, 0.3) is 0 Å². The summed E-state index contributed by atoms with van der Waals surface area (Å²) in [5, 5.41) is 8.80. The zero-order chi connectivity index (χ0) is 12.0. The van der Waals surface area contributed by atoms with Gasteiger partial charge in [0.2, 0.25) is 0 Å². The van der Waals surface area contributed by atoms with Gasteiger partial charge in [0.15, 0.2) is 0 Å². The lowest BCUT2D eigenvalue weighted by atomic mass is 10.1. The van der Waals surface area contributed by atoms with Crippen LogP contribution < -0.4 is 0 Å². The standard InChI is InChI=1S/C11H15NO4/c1-2-16-10(13)6-5-9-4-3-7-12(8-9)11(14)15/h4-6H,2-3,7-8H2,1H3,(H,14,15)/b6-5+. The Labute approximate surface area is 94.0 Å². The van der Waals surface area contributed by atoms with Gasteiger partial charge in [0.1, 0.15) is 0 Å². The summed E-state index contributed by atoms with van der Waals surface area (Å²) in [5.74, 6) is -0.407. The number of hydrogen-bond acceptors (Lipinski definition) is 3. The summed E-state index contributed by atoms with van der Waals surface area (Å²) in [7, 11) is 0. The second kappa shape index (κ2) is 5.95. The predicted molar refractivity (Wildman–Crippen MR) is 58.1 cm³/mol. The van der Waals surface area contributed by atoms with Gasteiger partial charge in [0.25, 0.3) is 0 Å². The van der Waals surface area contributed by atoms with E-state index in [1.165, 1.54) is 11.0 Å². The zero-order valence-electron chi connectivity index (χ0n) is 9.18. The van der Waals surface area contributed by atoms with E-state index >= 15 is 0 Å². The van der Waals surface area contributed by atoms with Crippen LogP contribution in [0.3, 0.4) is 0 Å². The van der Waals surface area contributed by atoms with Gasteiger partial charge in [-0.25, -0.2) is 9.59 Å². The Morgan fingerprint density at radius 2 is 2.38 bits per heavy atom. The van der Waals surface area contributed by atoms with E-state index in [2.05, 4.69) is 0 Å². The smallest absolute Gasteiger partial charge is 0.407 e. The molecule has 0 aromatic carbocycles. The molecule has 0 fully saturated rings. The third-order valence-corrected chi connectivity index (χ3v) is 2.17. The number of ether oxygens (including phenoxy) is 1. The Morgan fingerprint density at radius 3 is 3.00 bits per heavy atom. The van der Waals surface area contributed by atoms with Gasteiger partial charge < -0.3 is 14.7 Å². The maximum absolute atomic E-state index is 11.0. The highest BCUT2D eigenvalue weighted by Gasteiger charge is 2.15. The van der Waals surface area contributed by atoms with Gasteiger partial charge >= 0.3 is 12.1 Å². The summed E-state index contributed by atoms with van der Waals surface area (Å²) >= 11 is 0. The molecule has 88 valence electrons. The fourth-order valence-corrected chi connectivity index (χ4v) is 1.42. The average Bonchev–Trinajstić information content (AvgIpc) is 2.27. The molecule has 0 radical (unpaired) electrons. The molecule has 0 bridgehead atoms. The van der Waals surface area contributed by atoms with Gasteiger partial charge in [-0.2, -0.15) is 0 Å². The van der Waals surface area contributed by atoms with Crippen LogP contribution >= 0.6 is 0 Å². The number of hydrogen-bond donors (Lipinski definition) is 1. The molecule has 1 rings (SSSR count). The molecule has 0 saturated carbocycles. The molecule has 5 nitrogen and oxygen atoms in total. The first-order valence-corrected chi connectivity index (χ1v) is 5.15. The summed E-state index contributed by atoms with van der Waals surface area (Å²) in [6.07, 6.45) is 4.59. The number of esters is 1. The molecule has 0 aliphatic carbocycles. The molecule has 1 amide bonds. The van der Waals surface area contributed by atoms with Gasteiger partial charge in [0, 0.05) is 19.2 Å². The molecule has 1 aliphatic rings. The lowest BCUT2D eigenvalue weighted by Crippen LogP contribution is -2.34. The van der Waals surface area contributed by atoms with Crippen LogP contribution in [0, 0.1) is 0 Å². The van der Waals surface area contributed by atoms with E-state index in [1.54, 1.807) is 13.0 Å². The Hall–Kier alpha value is -1.78. The van der Waals surface area contributed by atoms with E-state index in [0.717, 1.165) is 5.57 Å². The van der Waals surface area contributed by atoms with E-state index in [-0.39, 0.29) is 0 Å². The van der Waals surface area contributed by atoms with Crippen LogP contribution in [0.1, 0.15) is 13.3 Å². The first kappa shape index (κ1) is 12.3. The second-order valence-corrected chi connectivity index (χ2v) is 3.36. The number of nitrogens with zero attached hydrogens (tertiary/aromatic N) is 1. The predicted octanol–water partition coefficient (Wildman–Crippen LogP) is 1.42. The summed E-state index contributed by atoms with van der Waals surface area (Å²) in [6, 6.07) is 0. The number of rotatable bonds is 3. The Bertz CT molecular complexity index is 333. The van der Waals surface area contributed by atoms with Crippen molar-refractivity contribution >= 4 is 12.1 Å². The van der Waals surface area contributed by atoms with Crippen molar-refractivity contribution < 1.29 is 19.4 Å². The van der Waals surface area contributed by atoms with E-state index in [1.807, 2.05) is 6.08 Å². The second-order valence-electron chi connectivity index (χ2n) is 3.36. The minimum atomic E-state index is -0.935. The molecule has 0 aromatic rings. The molecule has 5 heteroatoms. The molecule has 16 heavy (non-hydrogen) atoms. The van der Waals surface area contributed by atoms with Crippen molar-refractivity contribution in [3.05, 3.63) is 23.8 Å². The van der Waals surface area contributed by atoms with Gasteiger partial charge in [0.05, 0.1) is 6.61 Å². The molecule has 1 aliphatic heterocycles. The van der Waals surface area contributed by atoms with Gasteiger partial charge in [-0.3, -0.25) is 0 Å². The largest absolute Gasteiger partial charge is 0.465 e. The normalized spacial score (nSPS) is 16.1. The van der Waals surface area contributed by atoms with Crippen LogP contribution in [-0.2, 0) is 9.53 Å². The molecule has 1 N–H and O–H groups in total. The molecular weight excluding hydrogens is 210 g/mol. The van der Waals surface area contributed by atoms with Crippen molar-refractivity contribution in [3.63, 3.8) is 0 Å². The number of carbonyl (C=O) groups excluding carboxylic acids is 1. The maximum atomic E-state index is 11.0. The molecule has 0 aromatic heterocycles. The van der Waals surface area contributed by atoms with Gasteiger partial charge in [-0.15, -0.1) is 0 Å². The molecule has 0 spiro atoms. The number of carboxylic acid groups (broad SMARTS) is 1. The highest BCUT2D eigenvalue weighted by Crippen LogP contribution is 2.10. The Kier molecular flexibility index (Phi) is 4.57. The lowest BCUT2D eigenvalue weighted by Gasteiger charge is -2.23. The van der Waals surface area contributed by atoms with E-state index < -0.39 is 12.1 Å². The Morgan fingerprint density at radius 1 is 1.62 bits per heavy atom. The van der Waals surface area contributed by atoms with Crippen LogP contribution in [0.5, 0.6) is 0 Å². The summed E-state index contributed by atoms with van der Waals surface area (Å²) in [5.41, 5.74) is 0.821. The molecule has 0 saturated heterocycles. The van der Waals surface area contributed by atoms with Crippen LogP contribution in [0.4, 0.5) is 4.79 Å². The summed E-state index contributed by atoms with van der Waals surface area (Å²) < 4.78 is 4.72. The maximum Gasteiger partial charge on any atom is 0.407 e. The SMILES string of the molecule is CCOC(=O)/C=C/C1=CCCN(C(=O)O)C1. The summed E-state index contributed by atoms with van der Waals surface area (Å²) in [6.45, 7) is 2.90. The van der Waals surface area contributed by atoms with Crippen molar-refractivity contribution in [1.82, 2.24) is 4.90 Å². The van der Waals surface area contributed by atoms with Crippen LogP contribution in [0.2, 0.25) is 0 Å². The van der Waals surface area contributed by atoms with E-state index in [4.69, 9.17) is 9.84 Å². The number of amides is 1. The highest BCUT2D eigenvalue weighted by molar-refractivity contribution is 5.82.